The summed E-state index contributed by atoms with van der Waals surface area (Å²) in [7, 11) is 1.74. The molecule has 0 bridgehead atoms. The molecule has 3 rings (SSSR count). The Labute approximate surface area is 136 Å². The number of Topliss-reactive ketones (excluding diaryl/α,β-unsaturated/α-hetero) is 1. The second-order valence-electron chi connectivity index (χ2n) is 4.94. The molecule has 0 amide bonds. The van der Waals surface area contributed by atoms with Crippen LogP contribution >= 0.6 is 35.0 Å². The maximum absolute atomic E-state index is 12.1. The molecule has 0 unspecified atom stereocenters. The molecule has 110 valence electrons. The van der Waals surface area contributed by atoms with Crippen molar-refractivity contribution in [1.82, 2.24) is 20.2 Å². The van der Waals surface area contributed by atoms with Crippen LogP contribution in [0.15, 0.2) is 29.4 Å². The lowest BCUT2D eigenvalue weighted by Gasteiger charge is -2.04. The van der Waals surface area contributed by atoms with Gasteiger partial charge in [-0.1, -0.05) is 36.0 Å². The van der Waals surface area contributed by atoms with Gasteiger partial charge in [0.25, 0.3) is 0 Å². The average Bonchev–Trinajstić information content (AvgIpc) is 2.90. The minimum Gasteiger partial charge on any atom is -0.293 e. The maximum Gasteiger partial charge on any atom is 0.209 e. The Balaban J connectivity index is 1.61. The Hall–Kier alpha value is -1.11. The topological polar surface area (TPSA) is 60.7 Å². The number of aryl methyl sites for hydroxylation is 1. The van der Waals surface area contributed by atoms with Gasteiger partial charge < -0.3 is 0 Å². The molecule has 2 aromatic rings. The van der Waals surface area contributed by atoms with Gasteiger partial charge >= 0.3 is 0 Å². The van der Waals surface area contributed by atoms with Gasteiger partial charge in [-0.05, 0) is 22.4 Å². The highest BCUT2D eigenvalue weighted by atomic mass is 35.5. The molecule has 0 radical (unpaired) electrons. The first-order valence-electron chi connectivity index (χ1n) is 6.33. The molecule has 1 saturated carbocycles. The van der Waals surface area contributed by atoms with Crippen LogP contribution in [-0.2, 0) is 7.05 Å². The van der Waals surface area contributed by atoms with Gasteiger partial charge in [0.1, 0.15) is 4.33 Å². The van der Waals surface area contributed by atoms with Gasteiger partial charge in [-0.25, -0.2) is 4.68 Å². The summed E-state index contributed by atoms with van der Waals surface area (Å²) >= 11 is 13.4. The Kier molecular flexibility index (Phi) is 3.94. The zero-order valence-electron chi connectivity index (χ0n) is 11.2. The van der Waals surface area contributed by atoms with Crippen LogP contribution in [0.2, 0.25) is 0 Å². The van der Waals surface area contributed by atoms with E-state index in [4.69, 9.17) is 23.2 Å². The van der Waals surface area contributed by atoms with Crippen LogP contribution in [0.1, 0.15) is 28.3 Å². The highest BCUT2D eigenvalue weighted by Crippen LogP contribution is 2.59. The van der Waals surface area contributed by atoms with Gasteiger partial charge in [-0.2, -0.15) is 0 Å². The zero-order valence-corrected chi connectivity index (χ0v) is 13.5. The third-order valence-electron chi connectivity index (χ3n) is 3.37. The van der Waals surface area contributed by atoms with Crippen molar-refractivity contribution < 1.29 is 4.79 Å². The number of aromatic nitrogens is 4. The molecule has 1 aromatic carbocycles. The molecule has 0 aliphatic heterocycles. The number of halogens is 2. The fraction of sp³-hybridized carbons (Fsp3) is 0.385. The van der Waals surface area contributed by atoms with E-state index in [9.17, 15) is 4.79 Å². The highest BCUT2D eigenvalue weighted by Gasteiger charge is 2.52. The fourth-order valence-electron chi connectivity index (χ4n) is 2.03. The lowest BCUT2D eigenvalue weighted by atomic mass is 10.1. The fourth-order valence-corrected chi connectivity index (χ4v) is 3.34. The van der Waals surface area contributed by atoms with Crippen molar-refractivity contribution in [3.63, 3.8) is 0 Å². The Morgan fingerprint density at radius 1 is 1.43 bits per heavy atom. The molecule has 5 nitrogen and oxygen atoms in total. The second-order valence-corrected chi connectivity index (χ2v) is 7.42. The third kappa shape index (κ3) is 3.22. The van der Waals surface area contributed by atoms with Crippen LogP contribution in [0, 0.1) is 0 Å². The van der Waals surface area contributed by atoms with E-state index in [0.717, 1.165) is 12.0 Å². The molecule has 1 aliphatic carbocycles. The molecule has 21 heavy (non-hydrogen) atoms. The van der Waals surface area contributed by atoms with Crippen LogP contribution in [0.3, 0.4) is 0 Å². The number of rotatable bonds is 5. The van der Waals surface area contributed by atoms with E-state index in [2.05, 4.69) is 15.5 Å². The van der Waals surface area contributed by atoms with Gasteiger partial charge in [0.2, 0.25) is 5.16 Å². The first-order valence-corrected chi connectivity index (χ1v) is 8.07. The lowest BCUT2D eigenvalue weighted by Crippen LogP contribution is -2.04. The van der Waals surface area contributed by atoms with Gasteiger partial charge in [0.15, 0.2) is 5.78 Å². The number of carbonyl (C=O) groups is 1. The number of thioether (sulfide) groups is 1. The molecule has 1 heterocycles. The quantitative estimate of drug-likeness (QED) is 0.475. The minimum atomic E-state index is -0.639. The zero-order chi connectivity index (χ0) is 15.0. The summed E-state index contributed by atoms with van der Waals surface area (Å²) in [6, 6.07) is 7.46. The molecule has 0 N–H and O–H groups in total. The van der Waals surface area contributed by atoms with Crippen molar-refractivity contribution in [2.75, 3.05) is 5.75 Å². The summed E-state index contributed by atoms with van der Waals surface area (Å²) in [6.45, 7) is 0. The average molecular weight is 343 g/mol. The lowest BCUT2D eigenvalue weighted by molar-refractivity contribution is 0.102. The number of tetrazole rings is 1. The molecule has 1 atom stereocenters. The van der Waals surface area contributed by atoms with Gasteiger partial charge in [-0.15, -0.1) is 28.3 Å². The summed E-state index contributed by atoms with van der Waals surface area (Å²) in [6.07, 6.45) is 0.762. The van der Waals surface area contributed by atoms with Gasteiger partial charge in [-0.3, -0.25) is 4.79 Å². The van der Waals surface area contributed by atoms with E-state index in [1.54, 1.807) is 7.05 Å². The van der Waals surface area contributed by atoms with Crippen molar-refractivity contribution in [1.29, 1.82) is 0 Å². The number of benzene rings is 1. The number of alkyl halides is 2. The molecule has 1 fully saturated rings. The van der Waals surface area contributed by atoms with Crippen LogP contribution in [-0.4, -0.2) is 36.1 Å². The first-order chi connectivity index (χ1) is 9.97. The molecule has 1 aliphatic rings. The van der Waals surface area contributed by atoms with Crippen molar-refractivity contribution in [3.05, 3.63) is 35.4 Å². The molecule has 8 heteroatoms. The van der Waals surface area contributed by atoms with Crippen LogP contribution < -0.4 is 0 Å². The van der Waals surface area contributed by atoms with E-state index in [-0.39, 0.29) is 11.7 Å². The second kappa shape index (κ2) is 5.59. The van der Waals surface area contributed by atoms with Crippen molar-refractivity contribution >= 4 is 40.7 Å². The molecular formula is C13H12Cl2N4OS. The highest BCUT2D eigenvalue weighted by molar-refractivity contribution is 7.99. The predicted octanol–water partition coefficient (Wildman–Crippen LogP) is 2.85. The van der Waals surface area contributed by atoms with E-state index in [1.807, 2.05) is 24.3 Å². The molecule has 0 saturated heterocycles. The Morgan fingerprint density at radius 2 is 2.10 bits per heavy atom. The largest absolute Gasteiger partial charge is 0.293 e. The van der Waals surface area contributed by atoms with E-state index >= 15 is 0 Å². The predicted molar refractivity (Wildman–Crippen MR) is 82.1 cm³/mol. The van der Waals surface area contributed by atoms with Crippen LogP contribution in [0.5, 0.6) is 0 Å². The normalized spacial score (nSPS) is 19.5. The number of nitrogens with zero attached hydrogens (tertiary/aromatic N) is 4. The molecule has 0 spiro atoms. The number of hydrogen-bond donors (Lipinski definition) is 0. The van der Waals surface area contributed by atoms with E-state index in [1.165, 1.54) is 16.4 Å². The Morgan fingerprint density at radius 3 is 2.62 bits per heavy atom. The van der Waals surface area contributed by atoms with Gasteiger partial charge in [0.05, 0.1) is 5.75 Å². The summed E-state index contributed by atoms with van der Waals surface area (Å²) in [5.74, 6) is 0.504. The molecular weight excluding hydrogens is 331 g/mol. The van der Waals surface area contributed by atoms with Crippen LogP contribution in [0.25, 0.3) is 0 Å². The van der Waals surface area contributed by atoms with E-state index in [0.29, 0.717) is 16.5 Å². The third-order valence-corrected chi connectivity index (χ3v) is 5.22. The van der Waals surface area contributed by atoms with E-state index < -0.39 is 4.33 Å². The minimum absolute atomic E-state index is 0.0355. The Bertz CT molecular complexity index is 671. The van der Waals surface area contributed by atoms with Crippen molar-refractivity contribution in [2.24, 2.45) is 7.05 Å². The first kappa shape index (κ1) is 14.8. The van der Waals surface area contributed by atoms with Crippen LogP contribution in [0.4, 0.5) is 0 Å². The molecule has 1 aromatic heterocycles. The summed E-state index contributed by atoms with van der Waals surface area (Å²) in [4.78, 5) is 12.1. The number of carbonyl (C=O) groups excluding carboxylic acids is 1. The summed E-state index contributed by atoms with van der Waals surface area (Å²) < 4.78 is 0.897. The van der Waals surface area contributed by atoms with Crippen molar-refractivity contribution in [2.45, 2.75) is 21.8 Å². The number of hydrogen-bond acceptors (Lipinski definition) is 5. The van der Waals surface area contributed by atoms with Gasteiger partial charge in [0, 0.05) is 18.5 Å². The van der Waals surface area contributed by atoms with Crippen molar-refractivity contribution in [3.8, 4) is 0 Å². The number of ketones is 1. The monoisotopic (exact) mass is 342 g/mol. The SMILES string of the molecule is Cn1nnnc1SCC(=O)c1ccc([C@H]2CC2(Cl)Cl)cc1. The summed E-state index contributed by atoms with van der Waals surface area (Å²) in [5.41, 5.74) is 1.73. The summed E-state index contributed by atoms with van der Waals surface area (Å²) in [5, 5.41) is 11.7. The maximum atomic E-state index is 12.1. The standard InChI is InChI=1S/C13H12Cl2N4OS/c1-19-12(16-17-18-19)21-7-11(20)9-4-2-8(3-5-9)10-6-13(10,14)15/h2-5,10H,6-7H2,1H3/t10-/m1/s1. The smallest absolute Gasteiger partial charge is 0.209 e.